The molecule has 1 saturated heterocycles. The van der Waals surface area contributed by atoms with Crippen molar-refractivity contribution in [3.63, 3.8) is 0 Å². The average Bonchev–Trinajstić information content (AvgIpc) is 2.54. The minimum absolute atomic E-state index is 0. The third-order valence-corrected chi connectivity index (χ3v) is 5.77. The largest absolute Gasteiger partial charge is 0.384 e. The van der Waals surface area contributed by atoms with Crippen molar-refractivity contribution in [3.05, 3.63) is 29.8 Å². The van der Waals surface area contributed by atoms with Crippen LogP contribution in [0.25, 0.3) is 0 Å². The molecule has 0 aromatic heterocycles. The molecule has 0 amide bonds. The van der Waals surface area contributed by atoms with Crippen LogP contribution in [0.3, 0.4) is 0 Å². The SMILES string of the molecule is CCc1cccc(S(=O)(=O)NCC2(COC)CCNCC2)c1.Cl. The number of sulfonamides is 1. The van der Waals surface area contributed by atoms with Crippen LogP contribution >= 0.6 is 12.4 Å². The van der Waals surface area contributed by atoms with E-state index in [4.69, 9.17) is 4.74 Å². The van der Waals surface area contributed by atoms with Gasteiger partial charge in [0.2, 0.25) is 10.0 Å². The van der Waals surface area contributed by atoms with Crippen molar-refractivity contribution in [2.24, 2.45) is 5.41 Å². The van der Waals surface area contributed by atoms with E-state index in [2.05, 4.69) is 10.0 Å². The molecule has 0 aliphatic carbocycles. The molecule has 1 aromatic rings. The molecular formula is C16H27ClN2O3S. The Morgan fingerprint density at radius 2 is 2.00 bits per heavy atom. The summed E-state index contributed by atoms with van der Waals surface area (Å²) in [6.07, 6.45) is 2.65. The predicted molar refractivity (Wildman–Crippen MR) is 94.7 cm³/mol. The Labute approximate surface area is 145 Å². The monoisotopic (exact) mass is 362 g/mol. The van der Waals surface area contributed by atoms with E-state index in [9.17, 15) is 8.42 Å². The first-order valence-corrected chi connectivity index (χ1v) is 9.28. The van der Waals surface area contributed by atoms with Crippen molar-refractivity contribution in [1.82, 2.24) is 10.0 Å². The van der Waals surface area contributed by atoms with Crippen molar-refractivity contribution in [2.45, 2.75) is 31.1 Å². The quantitative estimate of drug-likeness (QED) is 0.778. The number of methoxy groups -OCH3 is 1. The third-order valence-electron chi connectivity index (χ3n) is 4.37. The van der Waals surface area contributed by atoms with E-state index in [0.717, 1.165) is 37.9 Å². The molecule has 1 aromatic carbocycles. The van der Waals surface area contributed by atoms with E-state index < -0.39 is 10.0 Å². The van der Waals surface area contributed by atoms with Crippen molar-refractivity contribution in [2.75, 3.05) is 33.4 Å². The number of aryl methyl sites for hydroxylation is 1. The van der Waals surface area contributed by atoms with Gasteiger partial charge in [0, 0.05) is 19.1 Å². The molecule has 1 heterocycles. The number of halogens is 1. The van der Waals surface area contributed by atoms with Crippen LogP contribution in [0, 0.1) is 5.41 Å². The molecule has 7 heteroatoms. The highest BCUT2D eigenvalue weighted by molar-refractivity contribution is 7.89. The molecule has 0 saturated carbocycles. The van der Waals surface area contributed by atoms with Gasteiger partial charge >= 0.3 is 0 Å². The van der Waals surface area contributed by atoms with Gasteiger partial charge in [-0.3, -0.25) is 0 Å². The Kier molecular flexibility index (Phi) is 7.97. The lowest BCUT2D eigenvalue weighted by Crippen LogP contribution is -2.47. The zero-order chi connectivity index (χ0) is 16.1. The Morgan fingerprint density at radius 3 is 2.61 bits per heavy atom. The second-order valence-electron chi connectivity index (χ2n) is 6.01. The zero-order valence-corrected chi connectivity index (χ0v) is 15.4. The average molecular weight is 363 g/mol. The molecule has 1 aliphatic rings. The molecule has 0 bridgehead atoms. The minimum atomic E-state index is -3.47. The van der Waals surface area contributed by atoms with Crippen LogP contribution in [0.4, 0.5) is 0 Å². The van der Waals surface area contributed by atoms with E-state index >= 15 is 0 Å². The van der Waals surface area contributed by atoms with Crippen LogP contribution in [0.15, 0.2) is 29.2 Å². The van der Waals surface area contributed by atoms with Gasteiger partial charge < -0.3 is 10.1 Å². The van der Waals surface area contributed by atoms with Crippen LogP contribution in [-0.2, 0) is 21.2 Å². The van der Waals surface area contributed by atoms with E-state index in [-0.39, 0.29) is 17.8 Å². The molecule has 5 nitrogen and oxygen atoms in total. The fraction of sp³-hybridized carbons (Fsp3) is 0.625. The number of hydrogen-bond donors (Lipinski definition) is 2. The van der Waals surface area contributed by atoms with Gasteiger partial charge in [-0.15, -0.1) is 12.4 Å². The Bertz CT molecular complexity index is 581. The van der Waals surface area contributed by atoms with E-state index in [1.54, 1.807) is 25.3 Å². The smallest absolute Gasteiger partial charge is 0.240 e. The summed E-state index contributed by atoms with van der Waals surface area (Å²) in [5.74, 6) is 0. The van der Waals surface area contributed by atoms with E-state index in [1.165, 1.54) is 0 Å². The topological polar surface area (TPSA) is 67.4 Å². The van der Waals surface area contributed by atoms with Crippen LogP contribution in [0.1, 0.15) is 25.3 Å². The molecule has 0 radical (unpaired) electrons. The van der Waals surface area contributed by atoms with E-state index in [1.807, 2.05) is 13.0 Å². The number of piperidine rings is 1. The van der Waals surface area contributed by atoms with Gasteiger partial charge in [-0.2, -0.15) is 0 Å². The zero-order valence-electron chi connectivity index (χ0n) is 13.8. The summed E-state index contributed by atoms with van der Waals surface area (Å²) in [5, 5.41) is 3.31. The first-order valence-electron chi connectivity index (χ1n) is 7.80. The summed E-state index contributed by atoms with van der Waals surface area (Å²) in [4.78, 5) is 0.341. The van der Waals surface area contributed by atoms with Crippen molar-refractivity contribution < 1.29 is 13.2 Å². The lowest BCUT2D eigenvalue weighted by atomic mass is 9.80. The van der Waals surface area contributed by atoms with Gasteiger partial charge in [0.05, 0.1) is 11.5 Å². The fourth-order valence-electron chi connectivity index (χ4n) is 2.90. The van der Waals surface area contributed by atoms with Crippen LogP contribution in [-0.4, -0.2) is 41.8 Å². The lowest BCUT2D eigenvalue weighted by Gasteiger charge is -2.37. The predicted octanol–water partition coefficient (Wildman–Crippen LogP) is 1.97. The summed E-state index contributed by atoms with van der Waals surface area (Å²) in [6.45, 7) is 4.81. The fourth-order valence-corrected chi connectivity index (χ4v) is 4.13. The molecule has 0 unspecified atom stereocenters. The maximum absolute atomic E-state index is 12.5. The summed E-state index contributed by atoms with van der Waals surface area (Å²) in [6, 6.07) is 7.13. The van der Waals surface area contributed by atoms with Gasteiger partial charge in [0.15, 0.2) is 0 Å². The summed E-state index contributed by atoms with van der Waals surface area (Å²) in [5.41, 5.74) is 0.909. The first kappa shape index (κ1) is 20.4. The van der Waals surface area contributed by atoms with Crippen molar-refractivity contribution in [3.8, 4) is 0 Å². The molecule has 0 spiro atoms. The van der Waals surface area contributed by atoms with Gasteiger partial charge in [-0.1, -0.05) is 19.1 Å². The number of nitrogens with one attached hydrogen (secondary N) is 2. The van der Waals surface area contributed by atoms with Gasteiger partial charge in [0.1, 0.15) is 0 Å². The number of benzene rings is 1. The normalized spacial score (nSPS) is 17.5. The summed E-state index contributed by atoms with van der Waals surface area (Å²) >= 11 is 0. The van der Waals surface area contributed by atoms with Gasteiger partial charge in [-0.05, 0) is 50.0 Å². The first-order chi connectivity index (χ1) is 10.5. The highest BCUT2D eigenvalue weighted by Crippen LogP contribution is 2.29. The standard InChI is InChI=1S/C16H26N2O3S.ClH/c1-3-14-5-4-6-15(11-14)22(19,20)18-12-16(13-21-2)7-9-17-10-8-16;/h4-6,11,17-18H,3,7-10,12-13H2,1-2H3;1H. The Hall–Kier alpha value is -0.660. The van der Waals surface area contributed by atoms with Crippen molar-refractivity contribution >= 4 is 22.4 Å². The van der Waals surface area contributed by atoms with Crippen LogP contribution in [0.2, 0.25) is 0 Å². The Balaban J connectivity index is 0.00000264. The highest BCUT2D eigenvalue weighted by atomic mass is 35.5. The molecule has 23 heavy (non-hydrogen) atoms. The maximum atomic E-state index is 12.5. The van der Waals surface area contributed by atoms with Crippen molar-refractivity contribution in [1.29, 1.82) is 0 Å². The summed E-state index contributed by atoms with van der Waals surface area (Å²) in [7, 11) is -1.81. The van der Waals surface area contributed by atoms with Gasteiger partial charge in [0.25, 0.3) is 0 Å². The van der Waals surface area contributed by atoms with Crippen LogP contribution in [0.5, 0.6) is 0 Å². The second-order valence-corrected chi connectivity index (χ2v) is 7.78. The van der Waals surface area contributed by atoms with Gasteiger partial charge in [-0.25, -0.2) is 13.1 Å². The molecule has 1 aliphatic heterocycles. The molecule has 132 valence electrons. The third kappa shape index (κ3) is 5.43. The summed E-state index contributed by atoms with van der Waals surface area (Å²) < 4.78 is 33.2. The molecule has 2 N–H and O–H groups in total. The van der Waals surface area contributed by atoms with E-state index in [0.29, 0.717) is 18.0 Å². The molecule has 1 fully saturated rings. The minimum Gasteiger partial charge on any atom is -0.384 e. The second kappa shape index (κ2) is 8.99. The maximum Gasteiger partial charge on any atom is 0.240 e. The molecule has 0 atom stereocenters. The molecular weight excluding hydrogens is 336 g/mol. The Morgan fingerprint density at radius 1 is 1.30 bits per heavy atom. The molecule has 2 rings (SSSR count). The highest BCUT2D eigenvalue weighted by Gasteiger charge is 2.33. The van der Waals surface area contributed by atoms with Crippen LogP contribution < -0.4 is 10.0 Å². The number of rotatable bonds is 7. The number of hydrogen-bond acceptors (Lipinski definition) is 4. The lowest BCUT2D eigenvalue weighted by molar-refractivity contribution is 0.0577. The number of ether oxygens (including phenoxy) is 1.